The van der Waals surface area contributed by atoms with E-state index in [0.29, 0.717) is 11.4 Å². The summed E-state index contributed by atoms with van der Waals surface area (Å²) in [4.78, 5) is 36.5. The maximum atomic E-state index is 13.2. The summed E-state index contributed by atoms with van der Waals surface area (Å²) in [5.74, 6) is -3.58. The van der Waals surface area contributed by atoms with Crippen molar-refractivity contribution >= 4 is 38.5 Å². The summed E-state index contributed by atoms with van der Waals surface area (Å²) in [6.45, 7) is 0.608. The second-order valence-electron chi connectivity index (χ2n) is 8.70. The molecule has 3 aromatic rings. The number of sulfone groups is 1. The molecule has 2 aromatic carbocycles. The Bertz CT molecular complexity index is 1450. The van der Waals surface area contributed by atoms with Crippen molar-refractivity contribution in [2.75, 3.05) is 26.4 Å². The lowest BCUT2D eigenvalue weighted by Gasteiger charge is -2.34. The molecule has 2 amide bonds. The third-order valence-corrected chi connectivity index (χ3v) is 8.65. The largest absolute Gasteiger partial charge is 0.492 e. The lowest BCUT2D eigenvalue weighted by Crippen LogP contribution is -2.54. The average Bonchev–Trinajstić information content (AvgIpc) is 3.40. The van der Waals surface area contributed by atoms with Gasteiger partial charge in [-0.05, 0) is 49.2 Å². The highest BCUT2D eigenvalue weighted by Gasteiger charge is 2.52. The van der Waals surface area contributed by atoms with Crippen LogP contribution in [0, 0.1) is 0 Å². The number of hydrogen-bond donors (Lipinski definition) is 5. The van der Waals surface area contributed by atoms with E-state index in [4.69, 9.17) is 24.6 Å². The molecule has 0 atom stereocenters. The van der Waals surface area contributed by atoms with Gasteiger partial charge >= 0.3 is 12.1 Å². The number of hydrogen-bond acceptors (Lipinski definition) is 8. The van der Waals surface area contributed by atoms with Gasteiger partial charge in [-0.25, -0.2) is 18.7 Å². The number of amides is 2. The summed E-state index contributed by atoms with van der Waals surface area (Å²) in [5, 5.41) is 19.9. The first-order valence-corrected chi connectivity index (χ1v) is 13.5. The fourth-order valence-corrected chi connectivity index (χ4v) is 5.93. The van der Waals surface area contributed by atoms with Crippen LogP contribution < -0.4 is 15.5 Å². The number of fused-ring (bicyclic) bond motifs is 1. The van der Waals surface area contributed by atoms with E-state index in [0.717, 1.165) is 10.9 Å². The van der Waals surface area contributed by atoms with Crippen LogP contribution in [0.4, 0.5) is 13.2 Å². The highest BCUT2D eigenvalue weighted by Crippen LogP contribution is 2.35. The zero-order valence-electron chi connectivity index (χ0n) is 21.2. The van der Waals surface area contributed by atoms with E-state index >= 15 is 0 Å². The Kier molecular flexibility index (Phi) is 9.96. The van der Waals surface area contributed by atoms with Crippen LogP contribution in [0.5, 0.6) is 5.75 Å². The highest BCUT2D eigenvalue weighted by atomic mass is 32.2. The van der Waals surface area contributed by atoms with E-state index in [1.54, 1.807) is 6.07 Å². The lowest BCUT2D eigenvalue weighted by molar-refractivity contribution is -0.192. The van der Waals surface area contributed by atoms with Crippen molar-refractivity contribution in [2.45, 2.75) is 28.7 Å². The Morgan fingerprint density at radius 2 is 1.66 bits per heavy atom. The van der Waals surface area contributed by atoms with E-state index < -0.39 is 32.6 Å². The predicted molar refractivity (Wildman–Crippen MR) is 136 cm³/mol. The number of carbonyl (C=O) groups is 3. The van der Waals surface area contributed by atoms with Gasteiger partial charge in [0, 0.05) is 24.1 Å². The molecule has 16 heteroatoms. The van der Waals surface area contributed by atoms with Gasteiger partial charge in [0.05, 0.1) is 11.4 Å². The number of halogens is 3. The fraction of sp³-hybridized carbons (Fsp3) is 0.320. The Hall–Kier alpha value is -4.15. The number of H-pyrrole nitrogens is 1. The van der Waals surface area contributed by atoms with Crippen molar-refractivity contribution in [3.63, 3.8) is 0 Å². The Balaban J connectivity index is 0.000000587. The van der Waals surface area contributed by atoms with E-state index in [-0.39, 0.29) is 50.0 Å². The number of benzene rings is 2. The molecular formula is C25H26F3N3O9S. The van der Waals surface area contributed by atoms with Crippen LogP contribution in [-0.4, -0.2) is 78.8 Å². The zero-order chi connectivity index (χ0) is 30.3. The SMILES string of the molecule is O=C(NCCOc1ccc(S(=O)(=O)C2(C(=O)NO)CCOCC2)cc1)c1cc2ccccc2[nH]1.O=C(O)C(F)(F)F. The van der Waals surface area contributed by atoms with Crippen molar-refractivity contribution in [2.24, 2.45) is 0 Å². The molecule has 1 aliphatic heterocycles. The number of aliphatic carboxylic acids is 1. The van der Waals surface area contributed by atoms with Gasteiger partial charge in [0.25, 0.3) is 11.8 Å². The highest BCUT2D eigenvalue weighted by molar-refractivity contribution is 7.93. The number of alkyl halides is 3. The molecule has 0 unspecified atom stereocenters. The number of nitrogens with one attached hydrogen (secondary N) is 3. The van der Waals surface area contributed by atoms with Gasteiger partial charge in [-0.3, -0.25) is 14.8 Å². The Morgan fingerprint density at radius 1 is 1.05 bits per heavy atom. The van der Waals surface area contributed by atoms with Crippen LogP contribution >= 0.6 is 0 Å². The molecule has 0 bridgehead atoms. The van der Waals surface area contributed by atoms with Gasteiger partial charge in [-0.2, -0.15) is 13.2 Å². The van der Waals surface area contributed by atoms with E-state index in [9.17, 15) is 31.2 Å². The van der Waals surface area contributed by atoms with Crippen molar-refractivity contribution in [3.05, 3.63) is 60.3 Å². The number of carboxylic acids is 1. The normalized spacial score (nSPS) is 14.8. The maximum absolute atomic E-state index is 13.2. The minimum absolute atomic E-state index is 0.0579. The number of ether oxygens (including phenoxy) is 2. The van der Waals surface area contributed by atoms with Gasteiger partial charge < -0.3 is 24.9 Å². The van der Waals surface area contributed by atoms with Crippen molar-refractivity contribution in [3.8, 4) is 5.75 Å². The second kappa shape index (κ2) is 13.0. The summed E-state index contributed by atoms with van der Waals surface area (Å²) < 4.78 is 67.2. The van der Waals surface area contributed by atoms with Crippen LogP contribution in [0.1, 0.15) is 23.3 Å². The monoisotopic (exact) mass is 601 g/mol. The fourth-order valence-electron chi connectivity index (χ4n) is 3.99. The quantitative estimate of drug-likeness (QED) is 0.147. The summed E-state index contributed by atoms with van der Waals surface area (Å²) >= 11 is 0. The Morgan fingerprint density at radius 3 is 2.22 bits per heavy atom. The molecule has 222 valence electrons. The van der Waals surface area contributed by atoms with Crippen molar-refractivity contribution in [1.29, 1.82) is 0 Å². The molecule has 0 aliphatic carbocycles. The van der Waals surface area contributed by atoms with Gasteiger partial charge in [0.15, 0.2) is 14.6 Å². The standard InChI is InChI=1S/C23H25N3O7S.C2HF3O2/c27-21(20-15-16-3-1-2-4-19(16)25-20)24-11-14-33-17-5-7-18(8-6-17)34(30,31)23(22(28)26-29)9-12-32-13-10-23;3-2(4,5)1(6)7/h1-8,15,25,29H,9-14H2,(H,24,27)(H,26,28);(H,6,7). The first-order valence-electron chi connectivity index (χ1n) is 12.0. The van der Waals surface area contributed by atoms with E-state index in [1.807, 2.05) is 24.3 Å². The van der Waals surface area contributed by atoms with Crippen LogP contribution in [0.3, 0.4) is 0 Å². The zero-order valence-corrected chi connectivity index (χ0v) is 22.0. The molecule has 5 N–H and O–H groups in total. The number of carbonyl (C=O) groups excluding carboxylic acids is 2. The molecule has 1 aliphatic rings. The molecule has 12 nitrogen and oxygen atoms in total. The number of hydroxylamine groups is 1. The number of para-hydroxylation sites is 1. The van der Waals surface area contributed by atoms with Crippen LogP contribution in [-0.2, 0) is 24.2 Å². The smallest absolute Gasteiger partial charge is 0.490 e. The first-order chi connectivity index (χ1) is 19.3. The van der Waals surface area contributed by atoms with Gasteiger partial charge in [-0.1, -0.05) is 18.2 Å². The summed E-state index contributed by atoms with van der Waals surface area (Å²) in [6.07, 6.45) is -5.20. The molecule has 2 heterocycles. The van der Waals surface area contributed by atoms with E-state index in [2.05, 4.69) is 10.3 Å². The molecule has 0 radical (unpaired) electrons. The van der Waals surface area contributed by atoms with Crippen LogP contribution in [0.2, 0.25) is 0 Å². The average molecular weight is 602 g/mol. The summed E-state index contributed by atoms with van der Waals surface area (Å²) in [5.41, 5.74) is 2.81. The molecule has 1 aromatic heterocycles. The summed E-state index contributed by atoms with van der Waals surface area (Å²) in [7, 11) is -4.10. The number of rotatable bonds is 8. The number of aromatic amines is 1. The van der Waals surface area contributed by atoms with E-state index in [1.165, 1.54) is 29.7 Å². The molecule has 1 fully saturated rings. The molecule has 0 spiro atoms. The minimum atomic E-state index is -5.08. The molecule has 0 saturated carbocycles. The second-order valence-corrected chi connectivity index (χ2v) is 11.0. The van der Waals surface area contributed by atoms with Gasteiger partial charge in [0.1, 0.15) is 18.1 Å². The number of carboxylic acid groups (broad SMARTS) is 1. The minimum Gasteiger partial charge on any atom is -0.492 e. The van der Waals surface area contributed by atoms with Crippen molar-refractivity contribution < 1.29 is 55.8 Å². The van der Waals surface area contributed by atoms with Crippen LogP contribution in [0.25, 0.3) is 10.9 Å². The molecule has 1 saturated heterocycles. The van der Waals surface area contributed by atoms with Gasteiger partial charge in [-0.15, -0.1) is 0 Å². The first kappa shape index (κ1) is 31.4. The Labute approximate surface area is 231 Å². The maximum Gasteiger partial charge on any atom is 0.490 e. The topological polar surface area (TPSA) is 184 Å². The third kappa shape index (κ3) is 7.33. The van der Waals surface area contributed by atoms with Crippen LogP contribution in [0.15, 0.2) is 59.5 Å². The number of aromatic nitrogens is 1. The lowest BCUT2D eigenvalue weighted by atomic mass is 9.98. The molecule has 4 rings (SSSR count). The predicted octanol–water partition coefficient (Wildman–Crippen LogP) is 2.44. The van der Waals surface area contributed by atoms with Crippen molar-refractivity contribution in [1.82, 2.24) is 15.8 Å². The molecular weight excluding hydrogens is 575 g/mol. The van der Waals surface area contributed by atoms with Gasteiger partial charge in [0.2, 0.25) is 0 Å². The third-order valence-electron chi connectivity index (χ3n) is 6.14. The summed E-state index contributed by atoms with van der Waals surface area (Å²) in [6, 6.07) is 15.0. The molecule has 41 heavy (non-hydrogen) atoms.